The third-order valence-corrected chi connectivity index (χ3v) is 3.61. The Morgan fingerprint density at radius 2 is 1.72 bits per heavy atom. The number of aromatic nitrogens is 1. The van der Waals surface area contributed by atoms with Gasteiger partial charge in [-0.3, -0.25) is 4.79 Å². The van der Waals surface area contributed by atoms with Crippen LogP contribution in [-0.2, 0) is 0 Å². The van der Waals surface area contributed by atoms with Crippen molar-refractivity contribution in [3.05, 3.63) is 48.2 Å². The second kappa shape index (κ2) is 5.57. The van der Waals surface area contributed by atoms with Crippen molar-refractivity contribution in [2.45, 2.75) is 13.7 Å². The van der Waals surface area contributed by atoms with Crippen LogP contribution in [0.15, 0.2) is 52.4 Å². The Labute approximate surface area is 124 Å². The molecule has 0 fully saturated rings. The summed E-state index contributed by atoms with van der Waals surface area (Å²) in [5, 5.41) is 0.818. The van der Waals surface area contributed by atoms with Gasteiger partial charge in [0.2, 0.25) is 5.78 Å². The van der Waals surface area contributed by atoms with Crippen molar-refractivity contribution >= 4 is 52.3 Å². The Balaban J connectivity index is 2.14. The lowest BCUT2D eigenvalue weighted by Gasteiger charge is -2.06. The van der Waals surface area contributed by atoms with Gasteiger partial charge < -0.3 is 4.98 Å². The maximum absolute atomic E-state index is 11.7. The van der Waals surface area contributed by atoms with E-state index in [0.29, 0.717) is 0 Å². The molecule has 2 rings (SSSR count). The fourth-order valence-electron chi connectivity index (χ4n) is 1.34. The zero-order valence-corrected chi connectivity index (χ0v) is 12.1. The Morgan fingerprint density at radius 3 is 2.33 bits per heavy atom. The number of aromatic amines is 1. The number of hydrogen-bond acceptors (Lipinski definition) is 2. The number of nitrogens with one attached hydrogen (secondary N) is 1. The van der Waals surface area contributed by atoms with Crippen LogP contribution in [-0.4, -0.2) is 14.6 Å². The number of halogens is 3. The summed E-state index contributed by atoms with van der Waals surface area (Å²) >= 11 is 18.1. The normalized spacial score (nSPS) is 11.5. The van der Waals surface area contributed by atoms with Crippen molar-refractivity contribution in [2.75, 3.05) is 0 Å². The van der Waals surface area contributed by atoms with Gasteiger partial charge in [0.15, 0.2) is 0 Å². The predicted molar refractivity (Wildman–Crippen MR) is 76.0 cm³/mol. The molecule has 2 nitrogen and oxygen atoms in total. The van der Waals surface area contributed by atoms with Crippen LogP contribution in [0.5, 0.6) is 0 Å². The second-order valence-corrected chi connectivity index (χ2v) is 6.87. The van der Waals surface area contributed by atoms with Crippen molar-refractivity contribution in [3.8, 4) is 0 Å². The van der Waals surface area contributed by atoms with Crippen LogP contribution in [0.1, 0.15) is 10.5 Å². The number of carbonyl (C=O) groups excluding carboxylic acids is 1. The molecule has 0 unspecified atom stereocenters. The van der Waals surface area contributed by atoms with Crippen LogP contribution in [0.3, 0.4) is 0 Å². The van der Waals surface area contributed by atoms with Crippen molar-refractivity contribution in [2.24, 2.45) is 0 Å². The summed E-state index contributed by atoms with van der Waals surface area (Å²) in [6.07, 6.45) is 0. The van der Waals surface area contributed by atoms with E-state index in [1.165, 1.54) is 11.8 Å². The first-order valence-corrected chi connectivity index (χ1v) is 6.95. The molecule has 0 bridgehead atoms. The van der Waals surface area contributed by atoms with Gasteiger partial charge in [-0.1, -0.05) is 64.8 Å². The molecule has 1 aromatic carbocycles. The highest BCUT2D eigenvalue weighted by molar-refractivity contribution is 7.99. The third kappa shape index (κ3) is 3.45. The molecule has 1 heterocycles. The summed E-state index contributed by atoms with van der Waals surface area (Å²) < 4.78 is -1.93. The summed E-state index contributed by atoms with van der Waals surface area (Å²) in [5.41, 5.74) is 0.286. The van der Waals surface area contributed by atoms with Gasteiger partial charge in [0.05, 0.1) is 10.7 Å². The van der Waals surface area contributed by atoms with Gasteiger partial charge in [-0.05, 0) is 24.3 Å². The quantitative estimate of drug-likeness (QED) is 0.655. The van der Waals surface area contributed by atoms with Gasteiger partial charge in [-0.25, -0.2) is 0 Å². The number of hydrogen-bond donors (Lipinski definition) is 1. The molecule has 0 saturated carbocycles. The minimum Gasteiger partial charge on any atom is -0.347 e. The van der Waals surface area contributed by atoms with Crippen LogP contribution in [0.25, 0.3) is 0 Å². The highest BCUT2D eigenvalue weighted by Crippen LogP contribution is 2.32. The standard InChI is InChI=1S/C12H8Cl3NOS/c13-12(14,15)11(17)9-6-7-10(16-9)18-8-4-2-1-3-5-8/h1-7,16H. The van der Waals surface area contributed by atoms with Gasteiger partial charge in [-0.2, -0.15) is 0 Å². The zero-order chi connectivity index (χ0) is 13.2. The van der Waals surface area contributed by atoms with Gasteiger partial charge >= 0.3 is 0 Å². The van der Waals surface area contributed by atoms with Crippen molar-refractivity contribution < 1.29 is 4.79 Å². The molecule has 1 aromatic heterocycles. The summed E-state index contributed by atoms with van der Waals surface area (Å²) in [7, 11) is 0. The fourth-order valence-corrected chi connectivity index (χ4v) is 2.48. The van der Waals surface area contributed by atoms with Gasteiger partial charge in [-0.15, -0.1) is 0 Å². The lowest BCUT2D eigenvalue weighted by atomic mass is 10.3. The van der Waals surface area contributed by atoms with E-state index in [1.807, 2.05) is 30.3 Å². The lowest BCUT2D eigenvalue weighted by Crippen LogP contribution is -2.19. The number of H-pyrrole nitrogens is 1. The van der Waals surface area contributed by atoms with Crippen LogP contribution in [0.2, 0.25) is 0 Å². The largest absolute Gasteiger partial charge is 0.347 e. The SMILES string of the molecule is O=C(c1ccc(Sc2ccccc2)[nH]1)C(Cl)(Cl)Cl. The lowest BCUT2D eigenvalue weighted by molar-refractivity contribution is 0.0992. The molecule has 0 aliphatic carbocycles. The van der Waals surface area contributed by atoms with Gasteiger partial charge in [0.1, 0.15) is 0 Å². The van der Waals surface area contributed by atoms with E-state index in [9.17, 15) is 4.79 Å². The zero-order valence-electron chi connectivity index (χ0n) is 8.99. The molecular weight excluding hydrogens is 313 g/mol. The average molecular weight is 321 g/mol. The van der Waals surface area contributed by atoms with E-state index >= 15 is 0 Å². The highest BCUT2D eigenvalue weighted by Gasteiger charge is 2.32. The number of ketones is 1. The second-order valence-electron chi connectivity index (χ2n) is 3.48. The van der Waals surface area contributed by atoms with E-state index in [2.05, 4.69) is 4.98 Å². The molecule has 2 aromatic rings. The first-order valence-electron chi connectivity index (χ1n) is 5.00. The monoisotopic (exact) mass is 319 g/mol. The Hall–Kier alpha value is -0.610. The smallest absolute Gasteiger partial charge is 0.254 e. The summed E-state index contributed by atoms with van der Waals surface area (Å²) in [5.74, 6) is -0.563. The van der Waals surface area contributed by atoms with Crippen LogP contribution >= 0.6 is 46.6 Å². The van der Waals surface area contributed by atoms with Crippen LogP contribution in [0.4, 0.5) is 0 Å². The third-order valence-electron chi connectivity index (χ3n) is 2.13. The maximum Gasteiger partial charge on any atom is 0.254 e. The number of carbonyl (C=O) groups is 1. The molecule has 0 spiro atoms. The van der Waals surface area contributed by atoms with Gasteiger partial charge in [0.25, 0.3) is 3.79 Å². The van der Waals surface area contributed by atoms with Crippen LogP contribution < -0.4 is 0 Å². The first-order chi connectivity index (χ1) is 8.47. The number of rotatable bonds is 3. The summed E-state index contributed by atoms with van der Waals surface area (Å²) in [6, 6.07) is 13.2. The minimum atomic E-state index is -1.93. The number of alkyl halides is 3. The molecule has 1 N–H and O–H groups in total. The Kier molecular flexibility index (Phi) is 4.28. The summed E-state index contributed by atoms with van der Waals surface area (Å²) in [4.78, 5) is 15.7. The Morgan fingerprint density at radius 1 is 1.06 bits per heavy atom. The fraction of sp³-hybridized carbons (Fsp3) is 0.0833. The molecule has 6 heteroatoms. The van der Waals surface area contributed by atoms with E-state index in [1.54, 1.807) is 12.1 Å². The minimum absolute atomic E-state index is 0.286. The van der Waals surface area contributed by atoms with Gasteiger partial charge in [0, 0.05) is 4.90 Å². The Bertz CT molecular complexity index is 548. The molecule has 0 aliphatic heterocycles. The molecule has 0 saturated heterocycles. The van der Waals surface area contributed by atoms with E-state index in [-0.39, 0.29) is 5.69 Å². The topological polar surface area (TPSA) is 32.9 Å². The molecule has 0 amide bonds. The van der Waals surface area contributed by atoms with Crippen molar-refractivity contribution in [1.29, 1.82) is 0 Å². The number of benzene rings is 1. The highest BCUT2D eigenvalue weighted by atomic mass is 35.6. The maximum atomic E-state index is 11.7. The van der Waals surface area contributed by atoms with Crippen molar-refractivity contribution in [1.82, 2.24) is 4.98 Å². The first kappa shape index (κ1) is 13.8. The molecule has 0 radical (unpaired) electrons. The van der Waals surface area contributed by atoms with Crippen LogP contribution in [0, 0.1) is 0 Å². The van der Waals surface area contributed by atoms with E-state index < -0.39 is 9.58 Å². The molecule has 0 aliphatic rings. The molecular formula is C12H8Cl3NOS. The molecule has 0 atom stereocenters. The van der Waals surface area contributed by atoms with E-state index in [0.717, 1.165) is 9.92 Å². The average Bonchev–Trinajstić information content (AvgIpc) is 2.76. The van der Waals surface area contributed by atoms with E-state index in [4.69, 9.17) is 34.8 Å². The summed E-state index contributed by atoms with van der Waals surface area (Å²) in [6.45, 7) is 0. The van der Waals surface area contributed by atoms with Crippen molar-refractivity contribution in [3.63, 3.8) is 0 Å². The number of Topliss-reactive ketones (excluding diaryl/α,β-unsaturated/α-hetero) is 1. The molecule has 94 valence electrons. The molecule has 18 heavy (non-hydrogen) atoms. The predicted octanol–water partition coefficient (Wildman–Crippen LogP) is 4.72.